The molecule has 0 unspecified atom stereocenters. The van der Waals surface area contributed by atoms with Gasteiger partial charge >= 0.3 is 0 Å². The molecule has 0 saturated carbocycles. The SMILES string of the molecule is CCOCCCCNCCn1nc(C)c(Cl)c1C. The largest absolute Gasteiger partial charge is 0.382 e. The summed E-state index contributed by atoms with van der Waals surface area (Å²) in [6, 6.07) is 0. The number of rotatable bonds is 9. The molecule has 0 amide bonds. The fourth-order valence-corrected chi connectivity index (χ4v) is 1.94. The molecule has 4 nitrogen and oxygen atoms in total. The molecule has 1 aromatic rings. The van der Waals surface area contributed by atoms with Crippen LogP contribution in [0.15, 0.2) is 0 Å². The van der Waals surface area contributed by atoms with Crippen LogP contribution >= 0.6 is 11.6 Å². The summed E-state index contributed by atoms with van der Waals surface area (Å²) in [5, 5.41) is 8.58. The van der Waals surface area contributed by atoms with Gasteiger partial charge in [-0.05, 0) is 40.2 Å². The number of hydrogen-bond acceptors (Lipinski definition) is 3. The van der Waals surface area contributed by atoms with Crippen LogP contribution in [0, 0.1) is 13.8 Å². The molecule has 0 aliphatic rings. The molecule has 1 N–H and O–H groups in total. The lowest BCUT2D eigenvalue weighted by Gasteiger charge is -2.06. The van der Waals surface area contributed by atoms with Crippen LogP contribution in [0.1, 0.15) is 31.2 Å². The monoisotopic (exact) mass is 273 g/mol. The van der Waals surface area contributed by atoms with Gasteiger partial charge in [0.25, 0.3) is 0 Å². The fourth-order valence-electron chi connectivity index (χ4n) is 1.80. The molecule has 0 aliphatic carbocycles. The quantitative estimate of drug-likeness (QED) is 0.703. The van der Waals surface area contributed by atoms with Gasteiger partial charge in [-0.2, -0.15) is 5.10 Å². The van der Waals surface area contributed by atoms with E-state index < -0.39 is 0 Å². The molecule has 1 aromatic heterocycles. The molecular formula is C13H24ClN3O. The van der Waals surface area contributed by atoms with E-state index in [1.165, 1.54) is 0 Å². The summed E-state index contributed by atoms with van der Waals surface area (Å²) in [7, 11) is 0. The summed E-state index contributed by atoms with van der Waals surface area (Å²) in [6.07, 6.45) is 2.27. The molecule has 0 aromatic carbocycles. The number of aryl methyl sites for hydroxylation is 1. The Morgan fingerprint density at radius 2 is 2.06 bits per heavy atom. The maximum atomic E-state index is 6.09. The van der Waals surface area contributed by atoms with Gasteiger partial charge in [-0.15, -0.1) is 0 Å². The van der Waals surface area contributed by atoms with E-state index in [1.807, 2.05) is 25.5 Å². The van der Waals surface area contributed by atoms with Crippen LogP contribution in [-0.2, 0) is 11.3 Å². The number of ether oxygens (including phenoxy) is 1. The Kier molecular flexibility index (Phi) is 7.32. The lowest BCUT2D eigenvalue weighted by Crippen LogP contribution is -2.22. The normalized spacial score (nSPS) is 11.1. The molecule has 0 aliphatic heterocycles. The third-order valence-corrected chi connectivity index (χ3v) is 3.44. The molecular weight excluding hydrogens is 250 g/mol. The number of nitrogens with zero attached hydrogens (tertiary/aromatic N) is 2. The van der Waals surface area contributed by atoms with Crippen molar-refractivity contribution in [1.29, 1.82) is 0 Å². The summed E-state index contributed by atoms with van der Waals surface area (Å²) in [6.45, 7) is 10.5. The van der Waals surface area contributed by atoms with Crippen LogP contribution in [0.5, 0.6) is 0 Å². The number of nitrogens with one attached hydrogen (secondary N) is 1. The third-order valence-electron chi connectivity index (χ3n) is 2.89. The van der Waals surface area contributed by atoms with E-state index in [2.05, 4.69) is 10.4 Å². The van der Waals surface area contributed by atoms with Crippen LogP contribution in [0.2, 0.25) is 5.02 Å². The highest BCUT2D eigenvalue weighted by atomic mass is 35.5. The fraction of sp³-hybridized carbons (Fsp3) is 0.769. The van der Waals surface area contributed by atoms with Crippen molar-refractivity contribution >= 4 is 11.6 Å². The predicted octanol–water partition coefficient (Wildman–Crippen LogP) is 2.56. The Morgan fingerprint density at radius 1 is 1.28 bits per heavy atom. The zero-order valence-electron chi connectivity index (χ0n) is 11.6. The van der Waals surface area contributed by atoms with E-state index in [0.717, 1.165) is 62.1 Å². The Balaban J connectivity index is 2.09. The van der Waals surface area contributed by atoms with Crippen LogP contribution in [-0.4, -0.2) is 36.1 Å². The van der Waals surface area contributed by atoms with Gasteiger partial charge in [0.05, 0.1) is 23.0 Å². The minimum Gasteiger partial charge on any atom is -0.382 e. The minimum atomic E-state index is 0.784. The molecule has 0 spiro atoms. The van der Waals surface area contributed by atoms with Gasteiger partial charge in [-0.3, -0.25) is 4.68 Å². The van der Waals surface area contributed by atoms with E-state index in [9.17, 15) is 0 Å². The van der Waals surface area contributed by atoms with E-state index in [1.54, 1.807) is 0 Å². The first-order valence-electron chi connectivity index (χ1n) is 6.64. The van der Waals surface area contributed by atoms with Crippen LogP contribution < -0.4 is 5.32 Å². The van der Waals surface area contributed by atoms with Gasteiger partial charge in [0.1, 0.15) is 0 Å². The van der Waals surface area contributed by atoms with Crippen LogP contribution in [0.3, 0.4) is 0 Å². The van der Waals surface area contributed by atoms with Gasteiger partial charge in [0, 0.05) is 19.8 Å². The number of hydrogen-bond donors (Lipinski definition) is 1. The summed E-state index contributed by atoms with van der Waals surface area (Å²) >= 11 is 6.09. The second kappa shape index (κ2) is 8.51. The van der Waals surface area contributed by atoms with E-state index in [4.69, 9.17) is 16.3 Å². The van der Waals surface area contributed by atoms with Crippen LogP contribution in [0.25, 0.3) is 0 Å². The molecule has 1 rings (SSSR count). The average Bonchev–Trinajstić information content (AvgIpc) is 2.60. The zero-order valence-corrected chi connectivity index (χ0v) is 12.4. The van der Waals surface area contributed by atoms with Crippen molar-refractivity contribution in [2.24, 2.45) is 0 Å². The number of halogens is 1. The highest BCUT2D eigenvalue weighted by Crippen LogP contribution is 2.18. The minimum absolute atomic E-state index is 0.784. The van der Waals surface area contributed by atoms with Gasteiger partial charge in [-0.25, -0.2) is 0 Å². The Morgan fingerprint density at radius 3 is 2.67 bits per heavy atom. The maximum Gasteiger partial charge on any atom is 0.0844 e. The maximum absolute atomic E-state index is 6.09. The molecule has 1 heterocycles. The van der Waals surface area contributed by atoms with E-state index in [0.29, 0.717) is 0 Å². The van der Waals surface area contributed by atoms with Crippen molar-refractivity contribution in [2.45, 2.75) is 40.2 Å². The standard InChI is InChI=1S/C13H24ClN3O/c1-4-18-10-6-5-7-15-8-9-17-12(3)13(14)11(2)16-17/h15H,4-10H2,1-3H3. The molecule has 0 radical (unpaired) electrons. The number of unbranched alkanes of at least 4 members (excludes halogenated alkanes) is 1. The summed E-state index contributed by atoms with van der Waals surface area (Å²) in [4.78, 5) is 0. The third kappa shape index (κ3) is 4.96. The summed E-state index contributed by atoms with van der Waals surface area (Å²) in [5.41, 5.74) is 1.96. The lowest BCUT2D eigenvalue weighted by atomic mass is 10.3. The first-order chi connectivity index (χ1) is 8.66. The van der Waals surface area contributed by atoms with Crippen molar-refractivity contribution < 1.29 is 4.74 Å². The first kappa shape index (κ1) is 15.5. The first-order valence-corrected chi connectivity index (χ1v) is 7.02. The topological polar surface area (TPSA) is 39.1 Å². The molecule has 0 saturated heterocycles. The van der Waals surface area contributed by atoms with Gasteiger partial charge in [-0.1, -0.05) is 11.6 Å². The van der Waals surface area contributed by atoms with Crippen molar-refractivity contribution in [1.82, 2.24) is 15.1 Å². The second-order valence-corrected chi connectivity index (χ2v) is 4.74. The summed E-state index contributed by atoms with van der Waals surface area (Å²) in [5.74, 6) is 0. The smallest absolute Gasteiger partial charge is 0.0844 e. The molecule has 0 fully saturated rings. The predicted molar refractivity (Wildman–Crippen MR) is 75.3 cm³/mol. The lowest BCUT2D eigenvalue weighted by molar-refractivity contribution is 0.143. The Labute approximate surface area is 115 Å². The zero-order chi connectivity index (χ0) is 13.4. The molecule has 0 atom stereocenters. The van der Waals surface area contributed by atoms with E-state index >= 15 is 0 Å². The van der Waals surface area contributed by atoms with Gasteiger partial charge in [0.15, 0.2) is 0 Å². The van der Waals surface area contributed by atoms with Crippen molar-refractivity contribution in [3.05, 3.63) is 16.4 Å². The Bertz CT molecular complexity index is 352. The van der Waals surface area contributed by atoms with Crippen molar-refractivity contribution in [3.8, 4) is 0 Å². The van der Waals surface area contributed by atoms with Crippen LogP contribution in [0.4, 0.5) is 0 Å². The summed E-state index contributed by atoms with van der Waals surface area (Å²) < 4.78 is 7.25. The molecule has 5 heteroatoms. The molecule has 0 bridgehead atoms. The second-order valence-electron chi connectivity index (χ2n) is 4.36. The highest BCUT2D eigenvalue weighted by molar-refractivity contribution is 6.31. The van der Waals surface area contributed by atoms with E-state index in [-0.39, 0.29) is 0 Å². The van der Waals surface area contributed by atoms with Crippen molar-refractivity contribution in [3.63, 3.8) is 0 Å². The molecule has 18 heavy (non-hydrogen) atoms. The average molecular weight is 274 g/mol. The molecule has 104 valence electrons. The van der Waals surface area contributed by atoms with Gasteiger partial charge in [0.2, 0.25) is 0 Å². The van der Waals surface area contributed by atoms with Gasteiger partial charge < -0.3 is 10.1 Å². The number of aromatic nitrogens is 2. The highest BCUT2D eigenvalue weighted by Gasteiger charge is 2.07. The Hall–Kier alpha value is -0.580. The van der Waals surface area contributed by atoms with Crippen molar-refractivity contribution in [2.75, 3.05) is 26.3 Å².